The number of esters is 1. The molecule has 10 fully saturated rings. The van der Waals surface area contributed by atoms with Gasteiger partial charge in [-0.1, -0.05) is 53.2 Å². The summed E-state index contributed by atoms with van der Waals surface area (Å²) in [6.45, 7) is 11.0. The second-order valence-corrected chi connectivity index (χ2v) is 31.2. The van der Waals surface area contributed by atoms with Crippen LogP contribution in [0.5, 0.6) is 0 Å². The van der Waals surface area contributed by atoms with Gasteiger partial charge in [-0.3, -0.25) is 4.79 Å². The highest BCUT2D eigenvalue weighted by molar-refractivity contribution is 5.80. The highest BCUT2D eigenvalue weighted by Gasteiger charge is 2.73. The van der Waals surface area contributed by atoms with Gasteiger partial charge in [-0.15, -0.1) is 0 Å². The zero-order valence-electron chi connectivity index (χ0n) is 55.4. The summed E-state index contributed by atoms with van der Waals surface area (Å²) in [5.74, 6) is -4.84. The van der Waals surface area contributed by atoms with Crippen LogP contribution < -0.4 is 0 Å². The molecule has 11 aliphatic rings. The summed E-state index contributed by atoms with van der Waals surface area (Å²) in [6.07, 6.45) is -44.0. The predicted octanol–water partition coefficient (Wildman–Crippen LogP) is -5.18. The van der Waals surface area contributed by atoms with E-state index in [0.29, 0.717) is 38.5 Å². The van der Waals surface area contributed by atoms with Crippen molar-refractivity contribution in [3.05, 3.63) is 11.6 Å². The van der Waals surface area contributed by atoms with E-state index in [1.807, 2.05) is 0 Å². The first-order valence-corrected chi connectivity index (χ1v) is 34.0. The van der Waals surface area contributed by atoms with E-state index < -0.39 is 261 Å². The van der Waals surface area contributed by atoms with Crippen LogP contribution in [-0.2, 0) is 66.5 Å². The van der Waals surface area contributed by atoms with Crippen LogP contribution in [0, 0.1) is 56.2 Å². The molecular weight excluding hydrogens is 1290 g/mol. The highest BCUT2D eigenvalue weighted by Crippen LogP contribution is 2.76. The molecular formula is C65H102O32. The van der Waals surface area contributed by atoms with Gasteiger partial charge in [0, 0.05) is 12.5 Å². The van der Waals surface area contributed by atoms with Gasteiger partial charge in [-0.25, -0.2) is 4.79 Å². The Morgan fingerprint density at radius 3 is 1.84 bits per heavy atom. The average molecular weight is 1400 g/mol. The molecule has 0 bridgehead atoms. The number of allylic oxidation sites excluding steroid dienone is 2. The van der Waals surface area contributed by atoms with Gasteiger partial charge in [-0.05, 0) is 111 Å². The van der Waals surface area contributed by atoms with Crippen LogP contribution in [0.1, 0.15) is 113 Å². The van der Waals surface area contributed by atoms with Crippen LogP contribution in [0.25, 0.3) is 0 Å². The number of fused-ring (bicyclic) bond motifs is 7. The molecule has 38 atom stereocenters. The predicted molar refractivity (Wildman–Crippen MR) is 320 cm³/mol. The van der Waals surface area contributed by atoms with E-state index >= 15 is 4.79 Å². The Bertz CT molecular complexity index is 2820. The van der Waals surface area contributed by atoms with Crippen molar-refractivity contribution in [3.8, 4) is 0 Å². The quantitative estimate of drug-likeness (QED) is 0.0280. The zero-order chi connectivity index (χ0) is 70.9. The standard InChI is InChI=1S/C65H102O32/c1-24-48(93-54-45(81)37(73)28(70)22-87-54)49(89-29-16-25(19-66)36(72)41(77)38(29)74)47(83)56(88-24)95-51-40(76)31(21-68)91-57(51)97-59(86)65-15-14-60(2,3)17-27(65)26-8-9-33-61(4)12-11-35(62(5,23-69)32(61)10-13-63(33,6)64(26,7)18-34(65)71)92-58-52(44(80)43(79)50(94-58)53(84)85)96-55-46(82)42(78)39(75)30(20-67)90-55/h8,23-25,27-52,54-58,66-68,70-83H,9-22H2,1-7H3,(H,84,85)/t24?,25?,27?,28?,29?,30?,31?,32?,33?,34?,35?,36?,37?,38?,39?,40?,41?,42?,43?,44?,45?,46?,47?,48?,49?,50?,51?,52?,54?,55?,56?,57?,58?,61?,62?,63?,64-,65?/m1/s1. The molecule has 18 N–H and O–H groups in total. The second-order valence-electron chi connectivity index (χ2n) is 31.2. The molecule has 554 valence electrons. The van der Waals surface area contributed by atoms with Gasteiger partial charge in [-0.2, -0.15) is 0 Å². The third kappa shape index (κ3) is 12.6. The lowest BCUT2D eigenvalue weighted by Crippen LogP contribution is -2.69. The molecule has 0 spiro atoms. The van der Waals surface area contributed by atoms with E-state index in [4.69, 9.17) is 52.1 Å². The lowest BCUT2D eigenvalue weighted by molar-refractivity contribution is -0.373. The number of carboxylic acid groups (broad SMARTS) is 1. The zero-order valence-corrected chi connectivity index (χ0v) is 55.4. The minimum absolute atomic E-state index is 0.0637. The molecule has 0 radical (unpaired) electrons. The van der Waals surface area contributed by atoms with E-state index in [1.165, 1.54) is 6.92 Å². The Labute approximate surface area is 559 Å². The third-order valence-electron chi connectivity index (χ3n) is 25.4. The summed E-state index contributed by atoms with van der Waals surface area (Å²) in [5.41, 5.74) is -4.51. The summed E-state index contributed by atoms with van der Waals surface area (Å²) in [7, 11) is 0. The largest absolute Gasteiger partial charge is 0.479 e. The van der Waals surface area contributed by atoms with Crippen LogP contribution in [0.4, 0.5) is 0 Å². The van der Waals surface area contributed by atoms with Crippen molar-refractivity contribution in [2.75, 3.05) is 26.4 Å². The fraction of sp³-hybridized carbons (Fsp3) is 0.923. The van der Waals surface area contributed by atoms with E-state index in [2.05, 4.69) is 40.7 Å². The maximum atomic E-state index is 15.7. The Morgan fingerprint density at radius 1 is 0.567 bits per heavy atom. The minimum atomic E-state index is -2.12. The Hall–Kier alpha value is -2.73. The number of aliphatic hydroxyl groups excluding tert-OH is 17. The van der Waals surface area contributed by atoms with Gasteiger partial charge in [0.15, 0.2) is 37.4 Å². The van der Waals surface area contributed by atoms with E-state index in [9.17, 15) is 102 Å². The normalized spacial score (nSPS) is 54.5. The van der Waals surface area contributed by atoms with Gasteiger partial charge in [0.05, 0.1) is 55.8 Å². The summed E-state index contributed by atoms with van der Waals surface area (Å²) in [6, 6.07) is 0. The smallest absolute Gasteiger partial charge is 0.335 e. The number of aldehydes is 1. The Balaban J connectivity index is 0.846. The van der Waals surface area contributed by atoms with Crippen molar-refractivity contribution in [3.63, 3.8) is 0 Å². The molecule has 32 nitrogen and oxygen atoms in total. The van der Waals surface area contributed by atoms with Gasteiger partial charge < -0.3 is 149 Å². The molecule has 0 aromatic carbocycles. The van der Waals surface area contributed by atoms with E-state index in [-0.39, 0.29) is 37.0 Å². The van der Waals surface area contributed by atoms with Crippen LogP contribution >= 0.6 is 0 Å². The second kappa shape index (κ2) is 28.0. The molecule has 5 saturated heterocycles. The number of hydrogen-bond acceptors (Lipinski definition) is 31. The number of rotatable bonds is 17. The topological polar surface area (TPSA) is 517 Å². The molecule has 0 amide bonds. The number of carbonyl (C=O) groups is 3. The van der Waals surface area contributed by atoms with Crippen LogP contribution in [0.15, 0.2) is 11.6 Å². The summed E-state index contributed by atoms with van der Waals surface area (Å²) in [4.78, 5) is 42.1. The van der Waals surface area contributed by atoms with Crippen molar-refractivity contribution in [2.45, 2.75) is 291 Å². The molecule has 5 aliphatic heterocycles. The van der Waals surface area contributed by atoms with Gasteiger partial charge in [0.2, 0.25) is 6.29 Å². The first-order chi connectivity index (χ1) is 45.5. The number of ether oxygens (including phenoxy) is 11. The van der Waals surface area contributed by atoms with E-state index in [1.54, 1.807) is 6.92 Å². The fourth-order valence-corrected chi connectivity index (χ4v) is 19.3. The molecule has 0 aromatic rings. The summed E-state index contributed by atoms with van der Waals surface area (Å²) in [5, 5.41) is 197. The highest BCUT2D eigenvalue weighted by atomic mass is 16.8. The van der Waals surface area contributed by atoms with Gasteiger partial charge in [0.25, 0.3) is 0 Å². The maximum Gasteiger partial charge on any atom is 0.335 e. The molecule has 11 rings (SSSR count). The Kier molecular flexibility index (Phi) is 21.8. The van der Waals surface area contributed by atoms with Crippen LogP contribution in [0.3, 0.4) is 0 Å². The SMILES string of the molecule is CC1OC(OC2C(OC(=O)C34CCC(C)(C)CC3C3=CCC5C6(C)CCC(OC7OC(C(=O)O)C(O)C(O)C7OC7OC(CO)C(O)C(O)C7O)C(C)(C=O)C6CCC5(C)[C@]3(C)CC4O)OC(CO)C2O)C(O)C(OC2CC(CO)C(O)C(O)C2O)C1OC1OCC(O)C(O)C1O. The molecule has 32 heteroatoms. The van der Waals surface area contributed by atoms with Crippen molar-refractivity contribution < 1.29 is 158 Å². The van der Waals surface area contributed by atoms with E-state index in [0.717, 1.165) is 11.9 Å². The first kappa shape index (κ1) is 75.4. The number of hydrogen-bond donors (Lipinski definition) is 18. The van der Waals surface area contributed by atoms with Crippen LogP contribution in [-0.4, -0.2) is 315 Å². The third-order valence-corrected chi connectivity index (χ3v) is 25.4. The molecule has 0 aromatic heterocycles. The lowest BCUT2D eigenvalue weighted by Gasteiger charge is -2.71. The number of aliphatic hydroxyl groups is 17. The summed E-state index contributed by atoms with van der Waals surface area (Å²) < 4.78 is 66.7. The number of carboxylic acids is 1. The Morgan fingerprint density at radius 2 is 1.19 bits per heavy atom. The number of carbonyl (C=O) groups excluding carboxylic acids is 2. The molecule has 5 heterocycles. The average Bonchev–Trinajstić information content (AvgIpc) is 0.894. The van der Waals surface area contributed by atoms with Crippen LogP contribution in [0.2, 0.25) is 0 Å². The summed E-state index contributed by atoms with van der Waals surface area (Å²) >= 11 is 0. The fourth-order valence-electron chi connectivity index (χ4n) is 19.3. The van der Waals surface area contributed by atoms with Crippen molar-refractivity contribution in [1.82, 2.24) is 0 Å². The first-order valence-electron chi connectivity index (χ1n) is 34.0. The van der Waals surface area contributed by atoms with Gasteiger partial charge >= 0.3 is 11.9 Å². The maximum absolute atomic E-state index is 15.7. The lowest BCUT2D eigenvalue weighted by atomic mass is 9.33. The van der Waals surface area contributed by atoms with Crippen molar-refractivity contribution >= 4 is 18.2 Å². The molecule has 6 aliphatic carbocycles. The van der Waals surface area contributed by atoms with Crippen molar-refractivity contribution in [1.29, 1.82) is 0 Å². The molecule has 37 unspecified atom stereocenters. The molecule has 5 saturated carbocycles. The monoisotopic (exact) mass is 1390 g/mol. The van der Waals surface area contributed by atoms with Gasteiger partial charge in [0.1, 0.15) is 115 Å². The van der Waals surface area contributed by atoms with Crippen molar-refractivity contribution in [2.24, 2.45) is 56.2 Å². The minimum Gasteiger partial charge on any atom is -0.479 e. The molecule has 97 heavy (non-hydrogen) atoms. The number of aliphatic carboxylic acids is 1.